The average molecular weight is 275 g/mol. The quantitative estimate of drug-likeness (QED) is 0.854. The molecule has 1 unspecified atom stereocenters. The van der Waals surface area contributed by atoms with Gasteiger partial charge in [0, 0.05) is 24.0 Å². The number of likely N-dealkylation sites (tertiary alicyclic amines) is 1. The van der Waals surface area contributed by atoms with Crippen LogP contribution in [0, 0.1) is 13.8 Å². The van der Waals surface area contributed by atoms with Crippen molar-refractivity contribution in [3.63, 3.8) is 0 Å². The standard InChI is InChI=1S/C12H18N2OS.ClH/c1-8-6-11(16-9(8)2)12(15)14-5-3-4-10(13)7-14;/h6,10H,3-5,7,13H2,1-2H3;1H. The summed E-state index contributed by atoms with van der Waals surface area (Å²) in [6.07, 6.45) is 2.06. The average Bonchev–Trinajstić information content (AvgIpc) is 2.58. The van der Waals surface area contributed by atoms with Gasteiger partial charge in [0.2, 0.25) is 0 Å². The topological polar surface area (TPSA) is 46.3 Å². The van der Waals surface area contributed by atoms with Crippen molar-refractivity contribution in [3.8, 4) is 0 Å². The summed E-state index contributed by atoms with van der Waals surface area (Å²) in [6.45, 7) is 5.65. The number of carbonyl (C=O) groups excluding carboxylic acids is 1. The van der Waals surface area contributed by atoms with Crippen molar-refractivity contribution in [1.29, 1.82) is 0 Å². The van der Waals surface area contributed by atoms with E-state index in [-0.39, 0.29) is 24.4 Å². The first-order valence-electron chi connectivity index (χ1n) is 5.70. The molecule has 5 heteroatoms. The molecule has 2 N–H and O–H groups in total. The van der Waals surface area contributed by atoms with E-state index in [4.69, 9.17) is 5.73 Å². The van der Waals surface area contributed by atoms with Gasteiger partial charge in [-0.25, -0.2) is 0 Å². The fraction of sp³-hybridized carbons (Fsp3) is 0.583. The van der Waals surface area contributed by atoms with Crippen LogP contribution in [-0.4, -0.2) is 29.9 Å². The van der Waals surface area contributed by atoms with Gasteiger partial charge in [0.1, 0.15) is 0 Å². The molecule has 0 aromatic carbocycles. The Morgan fingerprint density at radius 1 is 1.53 bits per heavy atom. The van der Waals surface area contributed by atoms with Crippen LogP contribution in [0.15, 0.2) is 6.07 Å². The molecule has 0 radical (unpaired) electrons. The lowest BCUT2D eigenvalue weighted by molar-refractivity contribution is 0.0713. The number of hydrogen-bond donors (Lipinski definition) is 1. The van der Waals surface area contributed by atoms with Crippen LogP contribution in [0.1, 0.15) is 33.0 Å². The zero-order valence-corrected chi connectivity index (χ0v) is 11.9. The van der Waals surface area contributed by atoms with Crippen LogP contribution >= 0.6 is 23.7 Å². The van der Waals surface area contributed by atoms with Gasteiger partial charge in [-0.1, -0.05) is 0 Å². The SMILES string of the molecule is Cc1cc(C(=O)N2CCCC(N)C2)sc1C.Cl. The van der Waals surface area contributed by atoms with E-state index in [0.29, 0.717) is 6.54 Å². The maximum atomic E-state index is 12.2. The summed E-state index contributed by atoms with van der Waals surface area (Å²) in [6, 6.07) is 2.14. The lowest BCUT2D eigenvalue weighted by Crippen LogP contribution is -2.45. The Labute approximate surface area is 112 Å². The van der Waals surface area contributed by atoms with Gasteiger partial charge in [-0.05, 0) is 38.3 Å². The molecule has 0 spiro atoms. The maximum Gasteiger partial charge on any atom is 0.263 e. The molecule has 0 aliphatic carbocycles. The second-order valence-corrected chi connectivity index (χ2v) is 5.76. The smallest absolute Gasteiger partial charge is 0.263 e. The van der Waals surface area contributed by atoms with Gasteiger partial charge in [-0.3, -0.25) is 4.79 Å². The van der Waals surface area contributed by atoms with Gasteiger partial charge < -0.3 is 10.6 Å². The van der Waals surface area contributed by atoms with Gasteiger partial charge in [-0.15, -0.1) is 23.7 Å². The van der Waals surface area contributed by atoms with E-state index in [2.05, 4.69) is 6.92 Å². The van der Waals surface area contributed by atoms with Crippen LogP contribution in [0.2, 0.25) is 0 Å². The number of hydrogen-bond acceptors (Lipinski definition) is 3. The lowest BCUT2D eigenvalue weighted by Gasteiger charge is -2.30. The third-order valence-electron chi connectivity index (χ3n) is 3.12. The zero-order chi connectivity index (χ0) is 11.7. The first-order chi connectivity index (χ1) is 7.58. The third kappa shape index (κ3) is 3.21. The summed E-state index contributed by atoms with van der Waals surface area (Å²) in [5, 5.41) is 0. The number of halogens is 1. The van der Waals surface area contributed by atoms with Crippen molar-refractivity contribution in [3.05, 3.63) is 21.4 Å². The largest absolute Gasteiger partial charge is 0.336 e. The van der Waals surface area contributed by atoms with E-state index in [1.54, 1.807) is 11.3 Å². The normalized spacial score (nSPS) is 19.9. The number of nitrogens with two attached hydrogens (primary N) is 1. The van der Waals surface area contributed by atoms with E-state index in [1.165, 1.54) is 10.4 Å². The molecule has 1 aromatic heterocycles. The first-order valence-corrected chi connectivity index (χ1v) is 6.51. The summed E-state index contributed by atoms with van der Waals surface area (Å²) in [4.78, 5) is 16.2. The summed E-state index contributed by atoms with van der Waals surface area (Å²) in [7, 11) is 0. The fourth-order valence-electron chi connectivity index (χ4n) is 2.03. The van der Waals surface area contributed by atoms with Crippen molar-refractivity contribution < 1.29 is 4.79 Å². The Morgan fingerprint density at radius 3 is 2.76 bits per heavy atom. The van der Waals surface area contributed by atoms with E-state index < -0.39 is 0 Å². The number of amides is 1. The van der Waals surface area contributed by atoms with Crippen LogP contribution in [0.5, 0.6) is 0 Å². The predicted molar refractivity (Wildman–Crippen MR) is 74.2 cm³/mol. The molecule has 3 nitrogen and oxygen atoms in total. The second kappa shape index (κ2) is 5.85. The molecule has 0 saturated carbocycles. The van der Waals surface area contributed by atoms with E-state index >= 15 is 0 Å². The maximum absolute atomic E-state index is 12.2. The highest BCUT2D eigenvalue weighted by atomic mass is 35.5. The number of carbonyl (C=O) groups is 1. The Hall–Kier alpha value is -0.580. The molecule has 96 valence electrons. The number of nitrogens with zero attached hydrogens (tertiary/aromatic N) is 1. The highest BCUT2D eigenvalue weighted by Crippen LogP contribution is 2.23. The molecule has 17 heavy (non-hydrogen) atoms. The van der Waals surface area contributed by atoms with E-state index in [1.807, 2.05) is 17.9 Å². The molecule has 1 aromatic rings. The summed E-state index contributed by atoms with van der Waals surface area (Å²) < 4.78 is 0. The van der Waals surface area contributed by atoms with Gasteiger partial charge >= 0.3 is 0 Å². The van der Waals surface area contributed by atoms with Crippen molar-refractivity contribution >= 4 is 29.7 Å². The van der Waals surface area contributed by atoms with E-state index in [9.17, 15) is 4.79 Å². The van der Waals surface area contributed by atoms with Crippen molar-refractivity contribution in [1.82, 2.24) is 4.90 Å². The molecule has 0 bridgehead atoms. The van der Waals surface area contributed by atoms with Crippen LogP contribution in [0.3, 0.4) is 0 Å². The molecule has 2 heterocycles. The molecule has 1 fully saturated rings. The van der Waals surface area contributed by atoms with Crippen LogP contribution in [0.4, 0.5) is 0 Å². The molecule has 1 saturated heterocycles. The van der Waals surface area contributed by atoms with Gasteiger partial charge in [0.15, 0.2) is 0 Å². The molecule has 1 amide bonds. The molecule has 1 atom stereocenters. The number of rotatable bonds is 1. The van der Waals surface area contributed by atoms with Crippen molar-refractivity contribution in [2.75, 3.05) is 13.1 Å². The minimum atomic E-state index is 0. The van der Waals surface area contributed by atoms with Gasteiger partial charge in [0.25, 0.3) is 5.91 Å². The van der Waals surface area contributed by atoms with E-state index in [0.717, 1.165) is 24.3 Å². The van der Waals surface area contributed by atoms with Gasteiger partial charge in [0.05, 0.1) is 4.88 Å². The molecular weight excluding hydrogens is 256 g/mol. The highest BCUT2D eigenvalue weighted by Gasteiger charge is 2.23. The van der Waals surface area contributed by atoms with Crippen molar-refractivity contribution in [2.24, 2.45) is 5.73 Å². The predicted octanol–water partition coefficient (Wildman–Crippen LogP) is 2.35. The van der Waals surface area contributed by atoms with Gasteiger partial charge in [-0.2, -0.15) is 0 Å². The van der Waals surface area contributed by atoms with Crippen LogP contribution in [0.25, 0.3) is 0 Å². The Kier molecular flexibility index (Phi) is 4.98. The van der Waals surface area contributed by atoms with Crippen molar-refractivity contribution in [2.45, 2.75) is 32.7 Å². The second-order valence-electron chi connectivity index (χ2n) is 4.50. The number of aryl methyl sites for hydroxylation is 2. The van der Waals surface area contributed by atoms with Crippen LogP contribution < -0.4 is 5.73 Å². The Morgan fingerprint density at radius 2 is 2.24 bits per heavy atom. The van der Waals surface area contributed by atoms with Crippen LogP contribution in [-0.2, 0) is 0 Å². The highest BCUT2D eigenvalue weighted by molar-refractivity contribution is 7.14. The molecule has 1 aliphatic rings. The summed E-state index contributed by atoms with van der Waals surface area (Å²) in [5.74, 6) is 0.149. The Balaban J connectivity index is 0.00000144. The summed E-state index contributed by atoms with van der Waals surface area (Å²) >= 11 is 1.59. The molecule has 1 aliphatic heterocycles. The minimum Gasteiger partial charge on any atom is -0.336 e. The number of thiophene rings is 1. The monoisotopic (exact) mass is 274 g/mol. The summed E-state index contributed by atoms with van der Waals surface area (Å²) in [5.41, 5.74) is 7.09. The molecular formula is C12H19ClN2OS. The minimum absolute atomic E-state index is 0. The lowest BCUT2D eigenvalue weighted by atomic mass is 10.1. The first kappa shape index (κ1) is 14.5. The third-order valence-corrected chi connectivity index (χ3v) is 4.26. The fourth-order valence-corrected chi connectivity index (χ4v) is 3.03. The molecule has 2 rings (SSSR count). The Bertz CT molecular complexity index is 386. The zero-order valence-electron chi connectivity index (χ0n) is 10.2. The number of piperidine rings is 1.